The summed E-state index contributed by atoms with van der Waals surface area (Å²) in [5.41, 5.74) is 3.63. The van der Waals surface area contributed by atoms with Crippen LogP contribution in [0.15, 0.2) is 23.0 Å². The van der Waals surface area contributed by atoms with Crippen molar-refractivity contribution in [2.45, 2.75) is 60.1 Å². The van der Waals surface area contributed by atoms with Crippen LogP contribution in [0.1, 0.15) is 53.2 Å². The summed E-state index contributed by atoms with van der Waals surface area (Å²) < 4.78 is 3.45. The zero-order valence-corrected chi connectivity index (χ0v) is 20.1. The van der Waals surface area contributed by atoms with E-state index in [9.17, 15) is 14.7 Å². The van der Waals surface area contributed by atoms with Crippen molar-refractivity contribution in [2.24, 2.45) is 30.2 Å². The van der Waals surface area contributed by atoms with Gasteiger partial charge in [-0.2, -0.15) is 0 Å². The maximum absolute atomic E-state index is 12.8. The summed E-state index contributed by atoms with van der Waals surface area (Å²) in [4.78, 5) is 32.1. The molecule has 2 aliphatic rings. The van der Waals surface area contributed by atoms with Crippen molar-refractivity contribution in [3.63, 3.8) is 0 Å². The number of aromatic nitrogens is 3. The van der Waals surface area contributed by atoms with Gasteiger partial charge in [-0.05, 0) is 53.7 Å². The van der Waals surface area contributed by atoms with Gasteiger partial charge in [0.25, 0.3) is 5.91 Å². The third-order valence-corrected chi connectivity index (χ3v) is 6.62. The molecule has 7 nitrogen and oxygen atoms in total. The van der Waals surface area contributed by atoms with Crippen LogP contribution in [-0.2, 0) is 18.4 Å². The van der Waals surface area contributed by atoms with Crippen molar-refractivity contribution in [1.82, 2.24) is 19.0 Å². The Balaban J connectivity index is 1.54. The van der Waals surface area contributed by atoms with E-state index in [-0.39, 0.29) is 22.9 Å². The van der Waals surface area contributed by atoms with E-state index in [0.29, 0.717) is 43.5 Å². The molecule has 32 heavy (non-hydrogen) atoms. The molecule has 7 heteroatoms. The SMILES string of the molecule is CC(C)C[C@H](O)C(=O)N1CC2C=C(c3ccc4c(n3)n(C)c(=O)n4CC(C)(C)C)CC2C1. The van der Waals surface area contributed by atoms with Crippen LogP contribution in [0.2, 0.25) is 0 Å². The lowest BCUT2D eigenvalue weighted by Crippen LogP contribution is -2.38. The van der Waals surface area contributed by atoms with E-state index in [4.69, 9.17) is 4.98 Å². The lowest BCUT2D eigenvalue weighted by Gasteiger charge is -2.21. The van der Waals surface area contributed by atoms with Crippen LogP contribution in [0, 0.1) is 23.2 Å². The Labute approximate surface area is 189 Å². The zero-order valence-electron chi connectivity index (χ0n) is 20.1. The number of aryl methyl sites for hydroxylation is 1. The van der Waals surface area contributed by atoms with Gasteiger partial charge in [-0.25, -0.2) is 9.78 Å². The number of hydrogen-bond donors (Lipinski definition) is 1. The van der Waals surface area contributed by atoms with Crippen LogP contribution in [0.4, 0.5) is 0 Å². The first kappa shape index (κ1) is 22.8. The minimum Gasteiger partial charge on any atom is -0.383 e. The fraction of sp³-hybridized carbons (Fsp3) is 0.640. The van der Waals surface area contributed by atoms with Crippen molar-refractivity contribution in [3.05, 3.63) is 34.4 Å². The minimum atomic E-state index is -0.903. The van der Waals surface area contributed by atoms with Crippen LogP contribution < -0.4 is 5.69 Å². The number of likely N-dealkylation sites (tertiary alicyclic amines) is 1. The second kappa shape index (κ2) is 8.18. The predicted molar refractivity (Wildman–Crippen MR) is 126 cm³/mol. The van der Waals surface area contributed by atoms with Gasteiger partial charge in [-0.3, -0.25) is 13.9 Å². The Morgan fingerprint density at radius 1 is 1.25 bits per heavy atom. The topological polar surface area (TPSA) is 80.4 Å². The van der Waals surface area contributed by atoms with Gasteiger partial charge in [-0.15, -0.1) is 0 Å². The number of pyridine rings is 1. The number of fused-ring (bicyclic) bond motifs is 2. The number of amides is 1. The molecule has 1 N–H and O–H groups in total. The van der Waals surface area contributed by atoms with Gasteiger partial charge in [0, 0.05) is 26.7 Å². The first-order valence-corrected chi connectivity index (χ1v) is 11.7. The van der Waals surface area contributed by atoms with Gasteiger partial charge in [0.2, 0.25) is 0 Å². The van der Waals surface area contributed by atoms with Crippen LogP contribution >= 0.6 is 0 Å². The number of carbonyl (C=O) groups is 1. The maximum Gasteiger partial charge on any atom is 0.330 e. The summed E-state index contributed by atoms with van der Waals surface area (Å²) in [6.07, 6.45) is 2.71. The zero-order chi connectivity index (χ0) is 23.4. The van der Waals surface area contributed by atoms with Crippen molar-refractivity contribution in [1.29, 1.82) is 0 Å². The average Bonchev–Trinajstić information content (AvgIpc) is 3.33. The first-order chi connectivity index (χ1) is 14.9. The minimum absolute atomic E-state index is 0.00569. The summed E-state index contributed by atoms with van der Waals surface area (Å²) in [5, 5.41) is 10.2. The lowest BCUT2D eigenvalue weighted by molar-refractivity contribution is -0.140. The van der Waals surface area contributed by atoms with Crippen LogP contribution in [0.3, 0.4) is 0 Å². The number of imidazole rings is 1. The number of aliphatic hydroxyl groups is 1. The molecule has 0 aromatic carbocycles. The highest BCUT2D eigenvalue weighted by Crippen LogP contribution is 2.41. The summed E-state index contributed by atoms with van der Waals surface area (Å²) in [6, 6.07) is 4.03. The van der Waals surface area contributed by atoms with Crippen LogP contribution in [0.25, 0.3) is 16.7 Å². The molecule has 2 unspecified atom stereocenters. The Bertz CT molecular complexity index is 1120. The monoisotopic (exact) mass is 440 g/mol. The molecule has 1 aliphatic heterocycles. The second-order valence-electron chi connectivity index (χ2n) is 11.2. The highest BCUT2D eigenvalue weighted by molar-refractivity contribution is 5.81. The molecule has 0 saturated carbocycles. The molecule has 0 radical (unpaired) electrons. The smallest absolute Gasteiger partial charge is 0.330 e. The summed E-state index contributed by atoms with van der Waals surface area (Å²) in [5.74, 6) is 0.814. The molecule has 3 heterocycles. The van der Waals surface area contributed by atoms with Gasteiger partial charge in [0.15, 0.2) is 5.65 Å². The van der Waals surface area contributed by atoms with Crippen molar-refractivity contribution in [2.75, 3.05) is 13.1 Å². The van der Waals surface area contributed by atoms with E-state index in [2.05, 4.69) is 26.8 Å². The molecular formula is C25H36N4O3. The Morgan fingerprint density at radius 3 is 2.59 bits per heavy atom. The summed E-state index contributed by atoms with van der Waals surface area (Å²) in [6.45, 7) is 12.4. The van der Waals surface area contributed by atoms with Gasteiger partial charge < -0.3 is 10.0 Å². The second-order valence-corrected chi connectivity index (χ2v) is 11.2. The molecule has 2 aromatic heterocycles. The van der Waals surface area contributed by atoms with E-state index in [1.54, 1.807) is 11.6 Å². The van der Waals surface area contributed by atoms with E-state index in [1.807, 2.05) is 35.4 Å². The van der Waals surface area contributed by atoms with E-state index in [0.717, 1.165) is 17.6 Å². The largest absolute Gasteiger partial charge is 0.383 e. The Hall–Kier alpha value is -2.41. The fourth-order valence-corrected chi connectivity index (χ4v) is 5.12. The highest BCUT2D eigenvalue weighted by Gasteiger charge is 2.40. The van der Waals surface area contributed by atoms with Crippen molar-refractivity contribution < 1.29 is 9.90 Å². The number of allylic oxidation sites excluding steroid dienone is 1. The van der Waals surface area contributed by atoms with Gasteiger partial charge >= 0.3 is 5.69 Å². The van der Waals surface area contributed by atoms with E-state index in [1.165, 1.54) is 5.57 Å². The van der Waals surface area contributed by atoms with Gasteiger partial charge in [0.1, 0.15) is 6.10 Å². The molecule has 0 bridgehead atoms. The summed E-state index contributed by atoms with van der Waals surface area (Å²) in [7, 11) is 1.78. The molecule has 2 aromatic rings. The predicted octanol–water partition coefficient (Wildman–Crippen LogP) is 3.05. The van der Waals surface area contributed by atoms with E-state index >= 15 is 0 Å². The highest BCUT2D eigenvalue weighted by atomic mass is 16.3. The first-order valence-electron chi connectivity index (χ1n) is 11.7. The molecule has 1 aliphatic carbocycles. The number of rotatable bonds is 5. The van der Waals surface area contributed by atoms with Crippen LogP contribution in [0.5, 0.6) is 0 Å². The van der Waals surface area contributed by atoms with E-state index < -0.39 is 6.10 Å². The molecular weight excluding hydrogens is 404 g/mol. The molecule has 0 spiro atoms. The summed E-state index contributed by atoms with van der Waals surface area (Å²) >= 11 is 0. The standard InChI is InChI=1S/C25H36N4O3/c1-15(2)9-21(30)23(31)28-12-17-10-16(11-18(17)13-28)19-7-8-20-22(26-19)27(6)24(32)29(20)14-25(3,4)5/h7-8,10,15,17-18,21,30H,9,11-14H2,1-6H3/t17?,18?,21-/m0/s1. The Kier molecular flexibility index (Phi) is 5.82. The third-order valence-electron chi connectivity index (χ3n) is 6.62. The third kappa shape index (κ3) is 4.27. The average molecular weight is 441 g/mol. The number of hydrogen-bond acceptors (Lipinski definition) is 4. The van der Waals surface area contributed by atoms with Gasteiger partial charge in [0.05, 0.1) is 11.2 Å². The van der Waals surface area contributed by atoms with Crippen molar-refractivity contribution >= 4 is 22.6 Å². The Morgan fingerprint density at radius 2 is 1.97 bits per heavy atom. The molecule has 1 fully saturated rings. The molecule has 3 atom stereocenters. The number of nitrogens with zero attached hydrogens (tertiary/aromatic N) is 4. The number of aliphatic hydroxyl groups excluding tert-OH is 1. The number of carbonyl (C=O) groups excluding carboxylic acids is 1. The molecule has 174 valence electrons. The maximum atomic E-state index is 12.8. The quantitative estimate of drug-likeness (QED) is 0.775. The normalized spacial score (nSPS) is 22.0. The lowest BCUT2D eigenvalue weighted by atomic mass is 9.97. The van der Waals surface area contributed by atoms with Gasteiger partial charge in [-0.1, -0.05) is 40.7 Å². The molecule has 1 saturated heterocycles. The fourth-order valence-electron chi connectivity index (χ4n) is 5.12. The molecule has 1 amide bonds. The van der Waals surface area contributed by atoms with Crippen LogP contribution in [-0.4, -0.2) is 49.2 Å². The van der Waals surface area contributed by atoms with Crippen molar-refractivity contribution in [3.8, 4) is 0 Å². The molecule has 4 rings (SSSR count).